The monoisotopic (exact) mass is 219 g/mol. The van der Waals surface area contributed by atoms with Crippen LogP contribution >= 0.6 is 0 Å². The summed E-state index contributed by atoms with van der Waals surface area (Å²) >= 11 is 0. The molecule has 0 bridgehead atoms. The molecule has 0 fully saturated rings. The van der Waals surface area contributed by atoms with Crippen LogP contribution in [0.25, 0.3) is 11.0 Å². The fraction of sp³-hybridized carbons (Fsp3) is 0.364. The van der Waals surface area contributed by atoms with Gasteiger partial charge in [0.25, 0.3) is 0 Å². The highest BCUT2D eigenvalue weighted by molar-refractivity contribution is 6.02. The summed E-state index contributed by atoms with van der Waals surface area (Å²) in [4.78, 5) is 15.6. The molecule has 0 aliphatic heterocycles. The van der Waals surface area contributed by atoms with Gasteiger partial charge in [0.05, 0.1) is 16.6 Å². The molecule has 2 aromatic rings. The van der Waals surface area contributed by atoms with E-state index in [1.165, 1.54) is 0 Å². The van der Waals surface area contributed by atoms with Gasteiger partial charge in [0.1, 0.15) is 0 Å². The number of fused-ring (bicyclic) bond motifs is 1. The molecule has 0 radical (unpaired) electrons. The van der Waals surface area contributed by atoms with E-state index >= 15 is 0 Å². The Balaban J connectivity index is 2.90. The molecule has 0 unspecified atom stereocenters. The van der Waals surface area contributed by atoms with Crippen LogP contribution in [0.4, 0.5) is 0 Å². The fourth-order valence-electron chi connectivity index (χ4n) is 1.85. The number of hydrogen-bond acceptors (Lipinski definition) is 3. The number of aromatic nitrogens is 3. The molecule has 0 saturated carbocycles. The van der Waals surface area contributed by atoms with E-state index in [1.54, 1.807) is 24.7 Å². The molecule has 2 heterocycles. The van der Waals surface area contributed by atoms with E-state index < -0.39 is 5.97 Å². The molecule has 2 aromatic heterocycles. The molecular formula is C11H13N3O2. The Morgan fingerprint density at radius 1 is 1.56 bits per heavy atom. The van der Waals surface area contributed by atoms with Crippen molar-refractivity contribution < 1.29 is 9.90 Å². The van der Waals surface area contributed by atoms with Crippen molar-refractivity contribution in [2.75, 3.05) is 0 Å². The van der Waals surface area contributed by atoms with Gasteiger partial charge in [-0.2, -0.15) is 5.10 Å². The van der Waals surface area contributed by atoms with Crippen molar-refractivity contribution in [2.45, 2.75) is 20.3 Å². The molecule has 0 spiro atoms. The Hall–Kier alpha value is -1.91. The minimum atomic E-state index is -0.932. The van der Waals surface area contributed by atoms with Gasteiger partial charge in [-0.1, -0.05) is 6.92 Å². The quantitative estimate of drug-likeness (QED) is 0.831. The third kappa shape index (κ3) is 1.44. The van der Waals surface area contributed by atoms with Gasteiger partial charge >= 0.3 is 5.97 Å². The molecule has 2 rings (SSSR count). The van der Waals surface area contributed by atoms with Crippen molar-refractivity contribution in [1.82, 2.24) is 14.8 Å². The number of hydrogen-bond donors (Lipinski definition) is 1. The van der Waals surface area contributed by atoms with Crippen LogP contribution in [0.15, 0.2) is 6.07 Å². The van der Waals surface area contributed by atoms with Crippen LogP contribution in [0.1, 0.15) is 28.7 Å². The number of aryl methyl sites for hydroxylation is 3. The van der Waals surface area contributed by atoms with E-state index in [4.69, 9.17) is 0 Å². The summed E-state index contributed by atoms with van der Waals surface area (Å²) in [6.45, 7) is 3.74. The minimum absolute atomic E-state index is 0.285. The van der Waals surface area contributed by atoms with Gasteiger partial charge in [-0.3, -0.25) is 4.68 Å². The lowest BCUT2D eigenvalue weighted by Crippen LogP contribution is -2.02. The molecular weight excluding hydrogens is 206 g/mol. The molecule has 0 atom stereocenters. The van der Waals surface area contributed by atoms with E-state index in [-0.39, 0.29) is 5.56 Å². The molecule has 0 aromatic carbocycles. The number of rotatable bonds is 2. The zero-order chi connectivity index (χ0) is 11.9. The number of nitrogens with zero attached hydrogens (tertiary/aromatic N) is 3. The maximum absolute atomic E-state index is 11.2. The van der Waals surface area contributed by atoms with Gasteiger partial charge in [0.2, 0.25) is 0 Å². The van der Waals surface area contributed by atoms with E-state index in [2.05, 4.69) is 10.1 Å². The molecule has 1 N–H and O–H groups in total. The normalized spacial score (nSPS) is 10.9. The molecule has 5 heteroatoms. The van der Waals surface area contributed by atoms with Gasteiger partial charge in [0, 0.05) is 12.7 Å². The standard InChI is InChI=1S/C11H13N3O2/c1-4-7-5-8(11(15)16)9-6(2)13-14(3)10(9)12-7/h5H,4H2,1-3H3,(H,15,16). The Labute approximate surface area is 92.7 Å². The van der Waals surface area contributed by atoms with Crippen LogP contribution in [0.5, 0.6) is 0 Å². The van der Waals surface area contributed by atoms with Crippen molar-refractivity contribution in [1.29, 1.82) is 0 Å². The number of pyridine rings is 1. The molecule has 0 saturated heterocycles. The predicted octanol–water partition coefficient (Wildman–Crippen LogP) is 1.54. The summed E-state index contributed by atoms with van der Waals surface area (Å²) in [6, 6.07) is 1.62. The lowest BCUT2D eigenvalue weighted by atomic mass is 10.1. The second-order valence-electron chi connectivity index (χ2n) is 3.73. The summed E-state index contributed by atoms with van der Waals surface area (Å²) in [5.74, 6) is -0.932. The molecule has 0 aliphatic carbocycles. The van der Waals surface area contributed by atoms with Gasteiger partial charge in [-0.25, -0.2) is 9.78 Å². The van der Waals surface area contributed by atoms with Gasteiger partial charge in [-0.15, -0.1) is 0 Å². The number of carboxylic acids is 1. The predicted molar refractivity (Wildman–Crippen MR) is 59.6 cm³/mol. The Morgan fingerprint density at radius 2 is 2.25 bits per heavy atom. The second-order valence-corrected chi connectivity index (χ2v) is 3.73. The van der Waals surface area contributed by atoms with E-state index in [0.29, 0.717) is 23.1 Å². The molecule has 0 aliphatic rings. The van der Waals surface area contributed by atoms with E-state index in [1.807, 2.05) is 6.92 Å². The third-order valence-electron chi connectivity index (χ3n) is 2.61. The molecule has 84 valence electrons. The first-order valence-corrected chi connectivity index (χ1v) is 5.11. The Bertz CT molecular complexity index is 572. The lowest BCUT2D eigenvalue weighted by molar-refractivity contribution is 0.0698. The van der Waals surface area contributed by atoms with Crippen molar-refractivity contribution >= 4 is 17.0 Å². The fourth-order valence-corrected chi connectivity index (χ4v) is 1.85. The van der Waals surface area contributed by atoms with Gasteiger partial charge < -0.3 is 5.11 Å². The Morgan fingerprint density at radius 3 is 2.81 bits per heavy atom. The second kappa shape index (κ2) is 3.59. The van der Waals surface area contributed by atoms with Crippen LogP contribution in [0, 0.1) is 6.92 Å². The highest BCUT2D eigenvalue weighted by Gasteiger charge is 2.17. The zero-order valence-electron chi connectivity index (χ0n) is 9.48. The smallest absolute Gasteiger partial charge is 0.336 e. The van der Waals surface area contributed by atoms with Crippen molar-refractivity contribution in [3.63, 3.8) is 0 Å². The molecule has 16 heavy (non-hydrogen) atoms. The van der Waals surface area contributed by atoms with Crippen molar-refractivity contribution in [3.05, 3.63) is 23.0 Å². The topological polar surface area (TPSA) is 68.0 Å². The van der Waals surface area contributed by atoms with E-state index in [0.717, 1.165) is 5.69 Å². The number of aromatic carboxylic acids is 1. The zero-order valence-corrected chi connectivity index (χ0v) is 9.48. The van der Waals surface area contributed by atoms with Gasteiger partial charge in [-0.05, 0) is 19.4 Å². The summed E-state index contributed by atoms with van der Waals surface area (Å²) in [7, 11) is 1.77. The molecule has 0 amide bonds. The van der Waals surface area contributed by atoms with E-state index in [9.17, 15) is 9.90 Å². The lowest BCUT2D eigenvalue weighted by Gasteiger charge is -2.02. The van der Waals surface area contributed by atoms with Crippen LogP contribution in [-0.2, 0) is 13.5 Å². The van der Waals surface area contributed by atoms with Crippen molar-refractivity contribution in [3.8, 4) is 0 Å². The van der Waals surface area contributed by atoms with Crippen molar-refractivity contribution in [2.24, 2.45) is 7.05 Å². The summed E-state index contributed by atoms with van der Waals surface area (Å²) < 4.78 is 1.62. The Kier molecular flexibility index (Phi) is 2.38. The maximum atomic E-state index is 11.2. The molecule has 5 nitrogen and oxygen atoms in total. The average Bonchev–Trinajstić information content (AvgIpc) is 2.53. The minimum Gasteiger partial charge on any atom is -0.478 e. The van der Waals surface area contributed by atoms with Crippen LogP contribution in [0.3, 0.4) is 0 Å². The first-order chi connectivity index (χ1) is 7.54. The maximum Gasteiger partial charge on any atom is 0.336 e. The third-order valence-corrected chi connectivity index (χ3v) is 2.61. The summed E-state index contributed by atoms with van der Waals surface area (Å²) in [5, 5.41) is 14.0. The first kappa shape index (κ1) is 10.6. The average molecular weight is 219 g/mol. The summed E-state index contributed by atoms with van der Waals surface area (Å²) in [5.41, 5.74) is 2.39. The van der Waals surface area contributed by atoms with Crippen LogP contribution < -0.4 is 0 Å². The first-order valence-electron chi connectivity index (χ1n) is 5.11. The number of carbonyl (C=O) groups is 1. The SMILES string of the molecule is CCc1cc(C(=O)O)c2c(C)nn(C)c2n1. The number of carboxylic acid groups (broad SMARTS) is 1. The summed E-state index contributed by atoms with van der Waals surface area (Å²) in [6.07, 6.45) is 0.709. The van der Waals surface area contributed by atoms with Gasteiger partial charge in [0.15, 0.2) is 5.65 Å². The van der Waals surface area contributed by atoms with Crippen LogP contribution in [0.2, 0.25) is 0 Å². The highest BCUT2D eigenvalue weighted by Crippen LogP contribution is 2.21. The highest BCUT2D eigenvalue weighted by atomic mass is 16.4. The van der Waals surface area contributed by atoms with Crippen LogP contribution in [-0.4, -0.2) is 25.8 Å². The largest absolute Gasteiger partial charge is 0.478 e.